The van der Waals surface area contributed by atoms with E-state index < -0.39 is 5.97 Å². The van der Waals surface area contributed by atoms with E-state index in [9.17, 15) is 9.59 Å². The number of methoxy groups -OCH3 is 1. The summed E-state index contributed by atoms with van der Waals surface area (Å²) in [6.07, 6.45) is 4.66. The van der Waals surface area contributed by atoms with E-state index in [1.54, 1.807) is 37.3 Å². The lowest BCUT2D eigenvalue weighted by Crippen LogP contribution is -2.19. The van der Waals surface area contributed by atoms with Gasteiger partial charge in [0.2, 0.25) is 0 Å². The molecule has 0 bridgehead atoms. The summed E-state index contributed by atoms with van der Waals surface area (Å²) >= 11 is 0. The Morgan fingerprint density at radius 1 is 1.15 bits per heavy atom. The number of carbonyl (C=O) groups is 2. The number of aromatic nitrogens is 2. The predicted molar refractivity (Wildman–Crippen MR) is 98.4 cm³/mol. The SMILES string of the molecule is COC(=O)c1cccc(NC(=O)c2cc(NC3CCCC3)nc(C)n2)c1. The molecule has 2 N–H and O–H groups in total. The van der Waals surface area contributed by atoms with Crippen LogP contribution in [0.15, 0.2) is 30.3 Å². The van der Waals surface area contributed by atoms with Crippen molar-refractivity contribution >= 4 is 23.4 Å². The summed E-state index contributed by atoms with van der Waals surface area (Å²) in [7, 11) is 1.32. The van der Waals surface area contributed by atoms with Crippen LogP contribution < -0.4 is 10.6 Å². The lowest BCUT2D eigenvalue weighted by molar-refractivity contribution is 0.0600. The van der Waals surface area contributed by atoms with Gasteiger partial charge in [-0.25, -0.2) is 14.8 Å². The third kappa shape index (κ3) is 4.36. The van der Waals surface area contributed by atoms with Crippen LogP contribution in [-0.2, 0) is 4.74 Å². The third-order valence-electron chi connectivity index (χ3n) is 4.32. The lowest BCUT2D eigenvalue weighted by atomic mass is 10.2. The van der Waals surface area contributed by atoms with Gasteiger partial charge in [0, 0.05) is 17.8 Å². The van der Waals surface area contributed by atoms with Gasteiger partial charge in [0.1, 0.15) is 17.3 Å². The van der Waals surface area contributed by atoms with E-state index in [-0.39, 0.29) is 11.6 Å². The van der Waals surface area contributed by atoms with E-state index >= 15 is 0 Å². The first kappa shape index (κ1) is 17.8. The number of anilines is 2. The van der Waals surface area contributed by atoms with Gasteiger partial charge in [0.25, 0.3) is 5.91 Å². The second-order valence-corrected chi connectivity index (χ2v) is 6.34. The highest BCUT2D eigenvalue weighted by molar-refractivity contribution is 6.04. The van der Waals surface area contributed by atoms with Gasteiger partial charge in [-0.15, -0.1) is 0 Å². The molecule has 0 atom stereocenters. The summed E-state index contributed by atoms with van der Waals surface area (Å²) in [6, 6.07) is 8.63. The summed E-state index contributed by atoms with van der Waals surface area (Å²) in [6.45, 7) is 1.76. The second-order valence-electron chi connectivity index (χ2n) is 6.34. The molecule has 0 unspecified atom stereocenters. The van der Waals surface area contributed by atoms with Crippen molar-refractivity contribution < 1.29 is 14.3 Å². The van der Waals surface area contributed by atoms with E-state index in [4.69, 9.17) is 4.74 Å². The molecule has 1 amide bonds. The van der Waals surface area contributed by atoms with Crippen molar-refractivity contribution in [3.05, 3.63) is 47.4 Å². The molecule has 0 spiro atoms. The minimum atomic E-state index is -0.456. The zero-order valence-electron chi connectivity index (χ0n) is 14.9. The average Bonchev–Trinajstić information content (AvgIpc) is 3.13. The summed E-state index contributed by atoms with van der Waals surface area (Å²) < 4.78 is 4.70. The van der Waals surface area contributed by atoms with Crippen molar-refractivity contribution in [1.82, 2.24) is 9.97 Å². The number of nitrogens with one attached hydrogen (secondary N) is 2. The molecule has 2 aromatic rings. The van der Waals surface area contributed by atoms with Crippen molar-refractivity contribution in [1.29, 1.82) is 0 Å². The van der Waals surface area contributed by atoms with E-state index in [0.29, 0.717) is 28.9 Å². The Bertz CT molecular complexity index is 816. The van der Waals surface area contributed by atoms with Gasteiger partial charge in [-0.1, -0.05) is 18.9 Å². The Kier molecular flexibility index (Phi) is 5.46. The molecule has 26 heavy (non-hydrogen) atoms. The quantitative estimate of drug-likeness (QED) is 0.801. The fraction of sp³-hybridized carbons (Fsp3) is 0.368. The number of hydrogen-bond acceptors (Lipinski definition) is 6. The molecule has 1 fully saturated rings. The van der Waals surface area contributed by atoms with E-state index in [0.717, 1.165) is 12.8 Å². The van der Waals surface area contributed by atoms with Gasteiger partial charge in [0.15, 0.2) is 0 Å². The molecule has 1 aromatic carbocycles. The molecule has 0 radical (unpaired) electrons. The van der Waals surface area contributed by atoms with Crippen molar-refractivity contribution in [3.63, 3.8) is 0 Å². The summed E-state index contributed by atoms with van der Waals surface area (Å²) in [4.78, 5) is 32.8. The van der Waals surface area contributed by atoms with Crippen LogP contribution in [0.25, 0.3) is 0 Å². The first-order chi connectivity index (χ1) is 12.5. The number of nitrogens with zero attached hydrogens (tertiary/aromatic N) is 2. The molecule has 3 rings (SSSR count). The number of carbonyl (C=O) groups excluding carboxylic acids is 2. The van der Waals surface area contributed by atoms with Crippen molar-refractivity contribution in [2.45, 2.75) is 38.6 Å². The molecule has 1 aliphatic carbocycles. The topological polar surface area (TPSA) is 93.2 Å². The minimum Gasteiger partial charge on any atom is -0.465 e. The van der Waals surface area contributed by atoms with Crippen LogP contribution in [0.1, 0.15) is 52.4 Å². The Morgan fingerprint density at radius 3 is 2.65 bits per heavy atom. The maximum Gasteiger partial charge on any atom is 0.337 e. The normalized spacial score (nSPS) is 14.1. The first-order valence-electron chi connectivity index (χ1n) is 8.67. The molecule has 1 aromatic heterocycles. The Hall–Kier alpha value is -2.96. The largest absolute Gasteiger partial charge is 0.465 e. The van der Waals surface area contributed by atoms with Crippen molar-refractivity contribution in [3.8, 4) is 0 Å². The Morgan fingerprint density at radius 2 is 1.92 bits per heavy atom. The lowest BCUT2D eigenvalue weighted by Gasteiger charge is -2.14. The van der Waals surface area contributed by atoms with Crippen LogP contribution in [0.3, 0.4) is 0 Å². The fourth-order valence-corrected chi connectivity index (χ4v) is 3.07. The van der Waals surface area contributed by atoms with Crippen LogP contribution >= 0.6 is 0 Å². The number of ether oxygens (including phenoxy) is 1. The second kappa shape index (κ2) is 7.95. The highest BCUT2D eigenvalue weighted by Crippen LogP contribution is 2.22. The molecule has 1 saturated carbocycles. The molecule has 0 saturated heterocycles. The van der Waals surface area contributed by atoms with Crippen LogP contribution in [0.5, 0.6) is 0 Å². The highest BCUT2D eigenvalue weighted by Gasteiger charge is 2.17. The highest BCUT2D eigenvalue weighted by atomic mass is 16.5. The molecule has 7 heteroatoms. The molecular formula is C19H22N4O3. The third-order valence-corrected chi connectivity index (χ3v) is 4.32. The van der Waals surface area contributed by atoms with Crippen LogP contribution in [0.2, 0.25) is 0 Å². The zero-order valence-corrected chi connectivity index (χ0v) is 14.9. The number of esters is 1. The van der Waals surface area contributed by atoms with Crippen molar-refractivity contribution in [2.24, 2.45) is 0 Å². The maximum absolute atomic E-state index is 12.6. The van der Waals surface area contributed by atoms with E-state index in [1.165, 1.54) is 20.0 Å². The number of hydrogen-bond donors (Lipinski definition) is 2. The molecule has 7 nitrogen and oxygen atoms in total. The molecule has 0 aliphatic heterocycles. The van der Waals surface area contributed by atoms with Crippen molar-refractivity contribution in [2.75, 3.05) is 17.7 Å². The van der Waals surface area contributed by atoms with Crippen LogP contribution in [0, 0.1) is 6.92 Å². The number of rotatable bonds is 5. The zero-order chi connectivity index (χ0) is 18.5. The van der Waals surface area contributed by atoms with E-state index in [1.807, 2.05) is 0 Å². The van der Waals surface area contributed by atoms with Gasteiger partial charge in [-0.3, -0.25) is 4.79 Å². The maximum atomic E-state index is 12.6. The smallest absolute Gasteiger partial charge is 0.337 e. The first-order valence-corrected chi connectivity index (χ1v) is 8.67. The molecule has 1 heterocycles. The van der Waals surface area contributed by atoms with Gasteiger partial charge < -0.3 is 15.4 Å². The van der Waals surface area contributed by atoms with Gasteiger partial charge >= 0.3 is 5.97 Å². The van der Waals surface area contributed by atoms with Crippen LogP contribution in [-0.4, -0.2) is 35.0 Å². The summed E-state index contributed by atoms with van der Waals surface area (Å²) in [5, 5.41) is 6.14. The molecule has 1 aliphatic rings. The number of benzene rings is 1. The van der Waals surface area contributed by atoms with Gasteiger partial charge in [-0.2, -0.15) is 0 Å². The Labute approximate surface area is 152 Å². The minimum absolute atomic E-state index is 0.279. The molecule has 136 valence electrons. The number of aryl methyl sites for hydroxylation is 1. The Balaban J connectivity index is 1.75. The van der Waals surface area contributed by atoms with E-state index in [2.05, 4.69) is 20.6 Å². The monoisotopic (exact) mass is 354 g/mol. The fourth-order valence-electron chi connectivity index (χ4n) is 3.07. The summed E-state index contributed by atoms with van der Waals surface area (Å²) in [5.41, 5.74) is 1.15. The standard InChI is InChI=1S/C19H22N4O3/c1-12-20-16(11-17(21-12)22-14-7-3-4-8-14)18(24)23-15-9-5-6-13(10-15)19(25)26-2/h5-6,9-11,14H,3-4,7-8H2,1-2H3,(H,23,24)(H,20,21,22). The van der Waals surface area contributed by atoms with Crippen LogP contribution in [0.4, 0.5) is 11.5 Å². The number of amides is 1. The molecular weight excluding hydrogens is 332 g/mol. The predicted octanol–water partition coefficient (Wildman–Crippen LogP) is 3.18. The average molecular weight is 354 g/mol. The summed E-state index contributed by atoms with van der Waals surface area (Å²) in [5.74, 6) is 0.383. The van der Waals surface area contributed by atoms with Gasteiger partial charge in [-0.05, 0) is 38.0 Å². The van der Waals surface area contributed by atoms with Gasteiger partial charge in [0.05, 0.1) is 12.7 Å².